The minimum atomic E-state index is -3.61. The molecule has 1 aliphatic rings. The molecule has 136 valence electrons. The van der Waals surface area contributed by atoms with Gasteiger partial charge in [-0.05, 0) is 43.0 Å². The zero-order valence-electron chi connectivity index (χ0n) is 14.3. The predicted molar refractivity (Wildman–Crippen MR) is 98.1 cm³/mol. The van der Waals surface area contributed by atoms with Crippen LogP contribution < -0.4 is 15.4 Å². The van der Waals surface area contributed by atoms with Crippen molar-refractivity contribution in [2.45, 2.75) is 50.5 Å². The van der Waals surface area contributed by atoms with E-state index in [1.54, 1.807) is 23.1 Å². The van der Waals surface area contributed by atoms with E-state index in [1.165, 1.54) is 6.92 Å². The van der Waals surface area contributed by atoms with Crippen molar-refractivity contribution in [1.82, 2.24) is 4.72 Å². The number of amides is 1. The number of rotatable bonds is 6. The zero-order valence-corrected chi connectivity index (χ0v) is 16.0. The molecule has 0 aromatic heterocycles. The van der Waals surface area contributed by atoms with Crippen molar-refractivity contribution in [3.63, 3.8) is 0 Å². The summed E-state index contributed by atoms with van der Waals surface area (Å²) in [4.78, 5) is 13.4. The lowest BCUT2D eigenvalue weighted by molar-refractivity contribution is -0.116. The molecule has 0 saturated carbocycles. The number of nitrogens with one attached hydrogen (secondary N) is 1. The minimum Gasteiger partial charge on any atom is -0.324 e. The Bertz CT molecular complexity index is 703. The third-order valence-electron chi connectivity index (χ3n) is 4.66. The zero-order chi connectivity index (χ0) is 17.3. The molecule has 0 radical (unpaired) electrons. The van der Waals surface area contributed by atoms with Crippen LogP contribution in [0.1, 0.15) is 39.2 Å². The fourth-order valence-electron chi connectivity index (χ4n) is 2.69. The van der Waals surface area contributed by atoms with Crippen molar-refractivity contribution in [1.29, 1.82) is 0 Å². The first-order valence-electron chi connectivity index (χ1n) is 7.92. The van der Waals surface area contributed by atoms with Gasteiger partial charge in [0.25, 0.3) is 0 Å². The highest BCUT2D eigenvalue weighted by Crippen LogP contribution is 2.30. The molecule has 24 heavy (non-hydrogen) atoms. The van der Waals surface area contributed by atoms with Gasteiger partial charge >= 0.3 is 0 Å². The van der Waals surface area contributed by atoms with Gasteiger partial charge in [-0.2, -0.15) is 0 Å². The van der Waals surface area contributed by atoms with Crippen LogP contribution in [0.15, 0.2) is 23.1 Å². The van der Waals surface area contributed by atoms with Crippen LogP contribution in [0.3, 0.4) is 0 Å². The maximum absolute atomic E-state index is 12.5. The van der Waals surface area contributed by atoms with Crippen LogP contribution in [0.4, 0.5) is 5.69 Å². The fraction of sp³-hybridized carbons (Fsp3) is 0.562. The van der Waals surface area contributed by atoms with Crippen LogP contribution in [0.2, 0.25) is 0 Å². The minimum absolute atomic E-state index is 0. The molecule has 3 N–H and O–H groups in total. The summed E-state index contributed by atoms with van der Waals surface area (Å²) in [5.74, 6) is -0.0312. The number of anilines is 1. The third-order valence-corrected chi connectivity index (χ3v) is 6.06. The number of carbonyl (C=O) groups is 1. The van der Waals surface area contributed by atoms with Gasteiger partial charge < -0.3 is 10.6 Å². The lowest BCUT2D eigenvalue weighted by atomic mass is 9.95. The smallest absolute Gasteiger partial charge is 0.240 e. The van der Waals surface area contributed by atoms with Gasteiger partial charge in [0.1, 0.15) is 0 Å². The molecule has 0 bridgehead atoms. The van der Waals surface area contributed by atoms with Gasteiger partial charge in [0.15, 0.2) is 0 Å². The number of fused-ring (bicyclic) bond motifs is 1. The van der Waals surface area contributed by atoms with Gasteiger partial charge in [-0.25, -0.2) is 13.1 Å². The molecule has 1 aromatic rings. The molecule has 0 saturated heterocycles. The second-order valence-corrected chi connectivity index (χ2v) is 7.87. The van der Waals surface area contributed by atoms with Gasteiger partial charge in [0.05, 0.1) is 4.90 Å². The Hall–Kier alpha value is -1.15. The van der Waals surface area contributed by atoms with Crippen molar-refractivity contribution in [2.75, 3.05) is 18.0 Å². The summed E-state index contributed by atoms with van der Waals surface area (Å²) in [6.45, 7) is 6.21. The number of benzene rings is 1. The topological polar surface area (TPSA) is 92.5 Å². The van der Waals surface area contributed by atoms with Crippen molar-refractivity contribution in [3.05, 3.63) is 23.8 Å². The van der Waals surface area contributed by atoms with E-state index >= 15 is 0 Å². The van der Waals surface area contributed by atoms with E-state index in [2.05, 4.69) is 4.72 Å². The molecule has 6 nitrogen and oxygen atoms in total. The Morgan fingerprint density at radius 2 is 1.96 bits per heavy atom. The van der Waals surface area contributed by atoms with E-state index in [-0.39, 0.29) is 29.8 Å². The summed E-state index contributed by atoms with van der Waals surface area (Å²) in [5, 5.41) is 0. The highest BCUT2D eigenvalue weighted by molar-refractivity contribution is 7.89. The monoisotopic (exact) mass is 375 g/mol. The number of carbonyl (C=O) groups excluding carboxylic acids is 1. The standard InChI is InChI=1S/C16H25N3O3S.ClH/c1-4-16(17,5-2)11-18-23(21,22)14-6-7-15-13(10-14)8-9-19(15)12(3)20;/h6-7,10,18H,4-5,8-9,11,17H2,1-3H3;1H. The number of sulfonamides is 1. The summed E-state index contributed by atoms with van der Waals surface area (Å²) in [6, 6.07) is 4.89. The van der Waals surface area contributed by atoms with Gasteiger partial charge in [-0.3, -0.25) is 4.79 Å². The molecule has 0 fully saturated rings. The highest BCUT2D eigenvalue weighted by Gasteiger charge is 2.27. The molecular formula is C16H26ClN3O3S. The van der Waals surface area contributed by atoms with Gasteiger partial charge in [0.2, 0.25) is 15.9 Å². The van der Waals surface area contributed by atoms with Crippen molar-refractivity contribution in [3.8, 4) is 0 Å². The summed E-state index contributed by atoms with van der Waals surface area (Å²) in [6.07, 6.45) is 2.07. The highest BCUT2D eigenvalue weighted by atomic mass is 35.5. The van der Waals surface area contributed by atoms with E-state index < -0.39 is 15.6 Å². The van der Waals surface area contributed by atoms with E-state index in [1.807, 2.05) is 13.8 Å². The van der Waals surface area contributed by atoms with E-state index in [9.17, 15) is 13.2 Å². The Balaban J connectivity index is 0.00000288. The molecule has 0 unspecified atom stereocenters. The molecule has 1 aliphatic heterocycles. The number of hydrogen-bond donors (Lipinski definition) is 2. The Kier molecular flexibility index (Phi) is 6.81. The van der Waals surface area contributed by atoms with Gasteiger partial charge in [-0.15, -0.1) is 12.4 Å². The van der Waals surface area contributed by atoms with Gasteiger partial charge in [0, 0.05) is 31.2 Å². The van der Waals surface area contributed by atoms with E-state index in [0.717, 1.165) is 11.3 Å². The average molecular weight is 376 g/mol. The van der Waals surface area contributed by atoms with Crippen molar-refractivity contribution in [2.24, 2.45) is 5.73 Å². The molecule has 1 heterocycles. The van der Waals surface area contributed by atoms with E-state index in [4.69, 9.17) is 5.73 Å². The lowest BCUT2D eigenvalue weighted by Crippen LogP contribution is -2.49. The van der Waals surface area contributed by atoms with Gasteiger partial charge in [-0.1, -0.05) is 13.8 Å². The van der Waals surface area contributed by atoms with E-state index in [0.29, 0.717) is 25.8 Å². The lowest BCUT2D eigenvalue weighted by Gasteiger charge is -2.26. The first-order chi connectivity index (χ1) is 10.7. The predicted octanol–water partition coefficient (Wildman–Crippen LogP) is 1.81. The average Bonchev–Trinajstić information content (AvgIpc) is 2.96. The van der Waals surface area contributed by atoms with Crippen LogP contribution >= 0.6 is 12.4 Å². The maximum atomic E-state index is 12.5. The fourth-order valence-corrected chi connectivity index (χ4v) is 3.88. The van der Waals surface area contributed by atoms with Crippen LogP contribution in [0, 0.1) is 0 Å². The molecule has 0 spiro atoms. The first kappa shape index (κ1) is 20.9. The van der Waals surface area contributed by atoms with Crippen LogP contribution in [-0.4, -0.2) is 33.0 Å². The second kappa shape index (κ2) is 7.82. The quantitative estimate of drug-likeness (QED) is 0.793. The van der Waals surface area contributed by atoms with Crippen LogP contribution in [0.5, 0.6) is 0 Å². The Morgan fingerprint density at radius 1 is 1.33 bits per heavy atom. The largest absolute Gasteiger partial charge is 0.324 e. The molecule has 0 atom stereocenters. The SMILES string of the molecule is CCC(N)(CC)CNS(=O)(=O)c1ccc2c(c1)CCN2C(C)=O.Cl. The summed E-state index contributed by atoms with van der Waals surface area (Å²) >= 11 is 0. The molecule has 8 heteroatoms. The maximum Gasteiger partial charge on any atom is 0.240 e. The number of nitrogens with zero attached hydrogens (tertiary/aromatic N) is 1. The van der Waals surface area contributed by atoms with Crippen molar-refractivity contribution < 1.29 is 13.2 Å². The molecule has 1 aromatic carbocycles. The number of nitrogens with two attached hydrogens (primary N) is 1. The number of halogens is 1. The number of hydrogen-bond acceptors (Lipinski definition) is 4. The van der Waals surface area contributed by atoms with Crippen molar-refractivity contribution >= 4 is 34.0 Å². The molecule has 2 rings (SSSR count). The Labute approximate surface area is 150 Å². The molecular weight excluding hydrogens is 350 g/mol. The summed E-state index contributed by atoms with van der Waals surface area (Å²) < 4.78 is 27.6. The van der Waals surface area contributed by atoms with Crippen LogP contribution in [0.25, 0.3) is 0 Å². The third kappa shape index (κ3) is 4.27. The summed E-state index contributed by atoms with van der Waals surface area (Å²) in [5.41, 5.74) is 7.30. The normalized spacial score (nSPS) is 14.2. The molecule has 1 amide bonds. The second-order valence-electron chi connectivity index (χ2n) is 6.11. The molecule has 0 aliphatic carbocycles. The summed E-state index contributed by atoms with van der Waals surface area (Å²) in [7, 11) is -3.61. The first-order valence-corrected chi connectivity index (χ1v) is 9.40. The van der Waals surface area contributed by atoms with Crippen LogP contribution in [-0.2, 0) is 21.2 Å². The Morgan fingerprint density at radius 3 is 2.50 bits per heavy atom.